The van der Waals surface area contributed by atoms with E-state index in [4.69, 9.17) is 16.0 Å². The molecule has 4 rings (SSSR count). The van der Waals surface area contributed by atoms with E-state index in [0.29, 0.717) is 29.7 Å². The van der Waals surface area contributed by atoms with Crippen molar-refractivity contribution in [1.29, 1.82) is 0 Å². The van der Waals surface area contributed by atoms with Gasteiger partial charge in [-0.1, -0.05) is 23.7 Å². The molecule has 3 heterocycles. The Labute approximate surface area is 156 Å². The molecule has 1 amide bonds. The van der Waals surface area contributed by atoms with Gasteiger partial charge in [-0.3, -0.25) is 4.79 Å². The lowest BCUT2D eigenvalue weighted by molar-refractivity contribution is 0.0698. The van der Waals surface area contributed by atoms with Crippen molar-refractivity contribution in [1.82, 2.24) is 19.4 Å². The lowest BCUT2D eigenvalue weighted by Crippen LogP contribution is -2.32. The smallest absolute Gasteiger partial charge is 0.290 e. The maximum atomic E-state index is 12.8. The van der Waals surface area contributed by atoms with E-state index in [2.05, 4.69) is 9.97 Å². The van der Waals surface area contributed by atoms with Crippen LogP contribution >= 0.6 is 11.6 Å². The van der Waals surface area contributed by atoms with Gasteiger partial charge in [0, 0.05) is 37.4 Å². The zero-order valence-electron chi connectivity index (χ0n) is 14.4. The number of aryl methyl sites for hydroxylation is 1. The molecular formula is C19H19ClN4O2. The summed E-state index contributed by atoms with van der Waals surface area (Å²) in [4.78, 5) is 23.2. The van der Waals surface area contributed by atoms with Gasteiger partial charge < -0.3 is 13.9 Å². The predicted octanol–water partition coefficient (Wildman–Crippen LogP) is 3.63. The molecule has 0 saturated carbocycles. The van der Waals surface area contributed by atoms with Crippen molar-refractivity contribution in [2.45, 2.75) is 25.3 Å². The minimum absolute atomic E-state index is 0.0883. The van der Waals surface area contributed by atoms with Gasteiger partial charge in [-0.2, -0.15) is 0 Å². The largest absolute Gasteiger partial charge is 0.443 e. The molecule has 0 aliphatic carbocycles. The van der Waals surface area contributed by atoms with Crippen molar-refractivity contribution >= 4 is 17.5 Å². The first kappa shape index (κ1) is 16.8. The van der Waals surface area contributed by atoms with Crippen LogP contribution in [-0.2, 0) is 13.5 Å². The fourth-order valence-electron chi connectivity index (χ4n) is 3.37. The van der Waals surface area contributed by atoms with Crippen LogP contribution in [0.1, 0.15) is 46.7 Å². The summed E-state index contributed by atoms with van der Waals surface area (Å²) >= 11 is 6.04. The third kappa shape index (κ3) is 3.24. The van der Waals surface area contributed by atoms with E-state index in [9.17, 15) is 4.79 Å². The second-order valence-electron chi connectivity index (χ2n) is 6.49. The number of oxazole rings is 1. The monoisotopic (exact) mass is 370 g/mol. The Hall–Kier alpha value is -2.60. The second-order valence-corrected chi connectivity index (χ2v) is 6.93. The highest BCUT2D eigenvalue weighted by Crippen LogP contribution is 2.33. The second kappa shape index (κ2) is 6.96. The quantitative estimate of drug-likeness (QED) is 0.703. The van der Waals surface area contributed by atoms with Crippen molar-refractivity contribution in [3.8, 4) is 0 Å². The number of imidazole rings is 1. The Balaban J connectivity index is 1.53. The molecule has 0 N–H and O–H groups in total. The summed E-state index contributed by atoms with van der Waals surface area (Å²) in [5.41, 5.74) is 1.06. The van der Waals surface area contributed by atoms with Crippen LogP contribution in [0.2, 0.25) is 5.02 Å². The van der Waals surface area contributed by atoms with Crippen molar-refractivity contribution in [3.63, 3.8) is 0 Å². The van der Waals surface area contributed by atoms with Crippen LogP contribution in [0.5, 0.6) is 0 Å². The molecule has 1 aliphatic heterocycles. The lowest BCUT2D eigenvalue weighted by Gasteiger charge is -2.21. The lowest BCUT2D eigenvalue weighted by atomic mass is 10.1. The summed E-state index contributed by atoms with van der Waals surface area (Å²) in [6, 6.07) is 7.53. The number of amides is 1. The normalized spacial score (nSPS) is 17.0. The standard InChI is InChI=1S/C19H19ClN4O2/c1-23-9-7-21-17(23)19(25)24-8-3-6-16(24)18-22-12-15(26-18)11-13-4-2-5-14(20)10-13/h2,4-5,7,9-10,12,16H,3,6,8,11H2,1H3/t16-/m0/s1. The van der Waals surface area contributed by atoms with Crippen molar-refractivity contribution < 1.29 is 9.21 Å². The van der Waals surface area contributed by atoms with Crippen LogP contribution in [-0.4, -0.2) is 31.9 Å². The molecule has 6 nitrogen and oxygen atoms in total. The van der Waals surface area contributed by atoms with Gasteiger partial charge in [0.05, 0.1) is 6.20 Å². The number of benzene rings is 1. The van der Waals surface area contributed by atoms with E-state index in [1.165, 1.54) is 0 Å². The SMILES string of the molecule is Cn1ccnc1C(=O)N1CCC[C@H]1c1ncc(Cc2cccc(Cl)c2)o1. The summed E-state index contributed by atoms with van der Waals surface area (Å²) < 4.78 is 7.70. The molecular weight excluding hydrogens is 352 g/mol. The zero-order chi connectivity index (χ0) is 18.1. The predicted molar refractivity (Wildman–Crippen MR) is 97.0 cm³/mol. The van der Waals surface area contributed by atoms with E-state index >= 15 is 0 Å². The van der Waals surface area contributed by atoms with E-state index in [1.807, 2.05) is 31.3 Å². The van der Waals surface area contributed by atoms with E-state index in [-0.39, 0.29) is 11.9 Å². The number of carbonyl (C=O) groups is 1. The van der Waals surface area contributed by atoms with Crippen LogP contribution < -0.4 is 0 Å². The number of hydrogen-bond acceptors (Lipinski definition) is 4. The Morgan fingerprint density at radius 3 is 3.04 bits per heavy atom. The third-order valence-corrected chi connectivity index (χ3v) is 4.89. The Kier molecular flexibility index (Phi) is 4.51. The highest BCUT2D eigenvalue weighted by molar-refractivity contribution is 6.30. The summed E-state index contributed by atoms with van der Waals surface area (Å²) in [6.45, 7) is 0.683. The number of carbonyl (C=O) groups excluding carboxylic acids is 1. The van der Waals surface area contributed by atoms with Crippen LogP contribution in [0.25, 0.3) is 0 Å². The topological polar surface area (TPSA) is 64.2 Å². The fourth-order valence-corrected chi connectivity index (χ4v) is 3.59. The number of aromatic nitrogens is 3. The van der Waals surface area contributed by atoms with E-state index < -0.39 is 0 Å². The molecule has 7 heteroatoms. The van der Waals surface area contributed by atoms with Crippen molar-refractivity contribution in [3.05, 3.63) is 70.9 Å². The summed E-state index contributed by atoms with van der Waals surface area (Å²) in [5.74, 6) is 1.69. The Morgan fingerprint density at radius 2 is 2.27 bits per heavy atom. The number of rotatable bonds is 4. The highest BCUT2D eigenvalue weighted by atomic mass is 35.5. The number of likely N-dealkylation sites (tertiary alicyclic amines) is 1. The van der Waals surface area contributed by atoms with Gasteiger partial charge in [0.15, 0.2) is 5.82 Å². The van der Waals surface area contributed by atoms with Gasteiger partial charge in [-0.05, 0) is 30.5 Å². The Morgan fingerprint density at radius 1 is 1.38 bits per heavy atom. The summed E-state index contributed by atoms with van der Waals surface area (Å²) in [5, 5.41) is 0.699. The van der Waals surface area contributed by atoms with Gasteiger partial charge in [0.1, 0.15) is 11.8 Å². The fraction of sp³-hybridized carbons (Fsp3) is 0.316. The molecule has 0 unspecified atom stereocenters. The molecule has 26 heavy (non-hydrogen) atoms. The number of halogens is 1. The molecule has 1 aliphatic rings. The van der Waals surface area contributed by atoms with E-state index in [0.717, 1.165) is 24.2 Å². The highest BCUT2D eigenvalue weighted by Gasteiger charge is 2.35. The maximum absolute atomic E-state index is 12.8. The van der Waals surface area contributed by atoms with Gasteiger partial charge in [0.2, 0.25) is 5.89 Å². The maximum Gasteiger partial charge on any atom is 0.290 e. The molecule has 3 aromatic rings. The van der Waals surface area contributed by atoms with Gasteiger partial charge >= 0.3 is 0 Å². The van der Waals surface area contributed by atoms with Crippen LogP contribution in [0.3, 0.4) is 0 Å². The number of nitrogens with zero attached hydrogens (tertiary/aromatic N) is 4. The molecule has 0 radical (unpaired) electrons. The zero-order valence-corrected chi connectivity index (χ0v) is 15.2. The van der Waals surface area contributed by atoms with Crippen LogP contribution in [0.15, 0.2) is 47.3 Å². The molecule has 1 aromatic carbocycles. The minimum Gasteiger partial charge on any atom is -0.443 e. The first-order chi connectivity index (χ1) is 12.6. The Bertz CT molecular complexity index is 933. The van der Waals surface area contributed by atoms with Gasteiger partial charge in [0.25, 0.3) is 5.91 Å². The molecule has 134 valence electrons. The van der Waals surface area contributed by atoms with Gasteiger partial charge in [-0.25, -0.2) is 9.97 Å². The summed E-state index contributed by atoms with van der Waals surface area (Å²) in [7, 11) is 1.82. The van der Waals surface area contributed by atoms with Gasteiger partial charge in [-0.15, -0.1) is 0 Å². The molecule has 1 saturated heterocycles. The molecule has 1 atom stereocenters. The van der Waals surface area contributed by atoms with E-state index in [1.54, 1.807) is 28.1 Å². The first-order valence-electron chi connectivity index (χ1n) is 8.59. The number of hydrogen-bond donors (Lipinski definition) is 0. The first-order valence-corrected chi connectivity index (χ1v) is 8.97. The van der Waals surface area contributed by atoms with Crippen LogP contribution in [0.4, 0.5) is 0 Å². The van der Waals surface area contributed by atoms with Crippen LogP contribution in [0, 0.1) is 0 Å². The summed E-state index contributed by atoms with van der Waals surface area (Å²) in [6.07, 6.45) is 7.52. The third-order valence-electron chi connectivity index (χ3n) is 4.65. The molecule has 1 fully saturated rings. The molecule has 0 spiro atoms. The minimum atomic E-state index is -0.146. The van der Waals surface area contributed by atoms with Crippen molar-refractivity contribution in [2.24, 2.45) is 7.05 Å². The van der Waals surface area contributed by atoms with Crippen molar-refractivity contribution in [2.75, 3.05) is 6.54 Å². The molecule has 0 bridgehead atoms. The average molecular weight is 371 g/mol. The molecule has 2 aromatic heterocycles. The average Bonchev–Trinajstić information content (AvgIpc) is 3.34.